The topological polar surface area (TPSA) is 108 Å². The van der Waals surface area contributed by atoms with Crippen LogP contribution in [0.5, 0.6) is 0 Å². The van der Waals surface area contributed by atoms with Crippen LogP contribution in [0, 0.1) is 5.95 Å². The fourth-order valence-electron chi connectivity index (χ4n) is 4.12. The Kier molecular flexibility index (Phi) is 5.81. The van der Waals surface area contributed by atoms with Crippen LogP contribution in [0.1, 0.15) is 28.7 Å². The van der Waals surface area contributed by atoms with E-state index in [-0.39, 0.29) is 17.3 Å². The van der Waals surface area contributed by atoms with Crippen molar-refractivity contribution in [2.45, 2.75) is 25.9 Å². The first-order chi connectivity index (χ1) is 16.0. The van der Waals surface area contributed by atoms with E-state index in [0.717, 1.165) is 24.3 Å². The van der Waals surface area contributed by atoms with Crippen LogP contribution in [0.25, 0.3) is 5.78 Å². The summed E-state index contributed by atoms with van der Waals surface area (Å²) >= 11 is 0. The minimum Gasteiger partial charge on any atom is -0.377 e. The van der Waals surface area contributed by atoms with Gasteiger partial charge in [0.05, 0.1) is 30.6 Å². The summed E-state index contributed by atoms with van der Waals surface area (Å²) in [5.41, 5.74) is 1.95. The molecule has 33 heavy (non-hydrogen) atoms. The number of nitrogens with one attached hydrogen (secondary N) is 2. The first kappa shape index (κ1) is 21.5. The van der Waals surface area contributed by atoms with E-state index in [1.807, 2.05) is 28.6 Å². The quantitative estimate of drug-likeness (QED) is 0.523. The van der Waals surface area contributed by atoms with Crippen molar-refractivity contribution < 1.29 is 13.9 Å². The molecule has 0 saturated carbocycles. The van der Waals surface area contributed by atoms with Gasteiger partial charge in [0.25, 0.3) is 11.5 Å². The third kappa shape index (κ3) is 4.46. The predicted molar refractivity (Wildman–Crippen MR) is 119 cm³/mol. The normalized spacial score (nSPS) is 17.3. The molecule has 1 amide bonds. The summed E-state index contributed by atoms with van der Waals surface area (Å²) in [6.07, 6.45) is 4.41. The van der Waals surface area contributed by atoms with Gasteiger partial charge in [0.15, 0.2) is 0 Å². The first-order valence-electron chi connectivity index (χ1n) is 11.1. The zero-order valence-corrected chi connectivity index (χ0v) is 18.4. The number of hydrogen-bond acceptors (Lipinski definition) is 7. The standard InChI is InChI=1S/C22H26FN7O3/c1-2-14-9-30-11-15(25-22(30)27-20(14)31)10-28-5-7-29(8-6-28)18-4-3-17(26-19(18)23)21(32)24-16-12-33-13-16/h3-4,9,11,16H,2,5-8,10,12-13H2,1H3,(H,24,32)(H,25,27,31). The van der Waals surface area contributed by atoms with Crippen molar-refractivity contribution in [1.82, 2.24) is 29.6 Å². The lowest BCUT2D eigenvalue weighted by Gasteiger charge is -2.35. The highest BCUT2D eigenvalue weighted by Crippen LogP contribution is 2.21. The summed E-state index contributed by atoms with van der Waals surface area (Å²) in [5, 5.41) is 2.77. The molecule has 2 aliphatic rings. The van der Waals surface area contributed by atoms with Gasteiger partial charge in [-0.05, 0) is 18.6 Å². The Balaban J connectivity index is 1.20. The Morgan fingerprint density at radius 2 is 2.00 bits per heavy atom. The van der Waals surface area contributed by atoms with Crippen molar-refractivity contribution >= 4 is 17.4 Å². The number of hydrogen-bond donors (Lipinski definition) is 2. The van der Waals surface area contributed by atoms with Crippen LogP contribution in [0.15, 0.2) is 29.3 Å². The number of rotatable bonds is 6. The number of ether oxygens (including phenoxy) is 1. The molecule has 2 fully saturated rings. The number of carbonyl (C=O) groups is 1. The fraction of sp³-hybridized carbons (Fsp3) is 0.455. The Hall–Kier alpha value is -3.31. The van der Waals surface area contributed by atoms with Gasteiger partial charge in [0.1, 0.15) is 5.69 Å². The van der Waals surface area contributed by atoms with E-state index in [1.165, 1.54) is 0 Å². The van der Waals surface area contributed by atoms with E-state index >= 15 is 0 Å². The fourth-order valence-corrected chi connectivity index (χ4v) is 4.12. The number of aromatic amines is 1. The number of anilines is 1. The summed E-state index contributed by atoms with van der Waals surface area (Å²) in [7, 11) is 0. The molecule has 5 heterocycles. The number of H-pyrrole nitrogens is 1. The second kappa shape index (κ2) is 8.91. The lowest BCUT2D eigenvalue weighted by atomic mass is 10.2. The largest absolute Gasteiger partial charge is 0.377 e. The molecule has 0 unspecified atom stereocenters. The van der Waals surface area contributed by atoms with Gasteiger partial charge in [0.2, 0.25) is 11.7 Å². The highest BCUT2D eigenvalue weighted by Gasteiger charge is 2.24. The molecule has 3 aromatic rings. The second-order valence-electron chi connectivity index (χ2n) is 8.40. The van der Waals surface area contributed by atoms with Crippen molar-refractivity contribution in [2.75, 3.05) is 44.3 Å². The molecule has 0 bridgehead atoms. The molecule has 10 nitrogen and oxygen atoms in total. The Labute approximate surface area is 189 Å². The average Bonchev–Trinajstić information content (AvgIpc) is 3.17. The van der Waals surface area contributed by atoms with E-state index < -0.39 is 11.9 Å². The van der Waals surface area contributed by atoms with Crippen LogP contribution in [0.4, 0.5) is 10.1 Å². The van der Waals surface area contributed by atoms with Crippen LogP contribution in [-0.2, 0) is 17.7 Å². The molecule has 3 aromatic heterocycles. The molecule has 0 aromatic carbocycles. The van der Waals surface area contributed by atoms with Crippen molar-refractivity contribution in [3.63, 3.8) is 0 Å². The van der Waals surface area contributed by atoms with E-state index in [9.17, 15) is 14.0 Å². The minimum absolute atomic E-state index is 0.0306. The number of nitrogens with zero attached hydrogens (tertiary/aromatic N) is 5. The summed E-state index contributed by atoms with van der Waals surface area (Å²) in [5.74, 6) is -0.497. The summed E-state index contributed by atoms with van der Waals surface area (Å²) in [6.45, 7) is 6.26. The van der Waals surface area contributed by atoms with Crippen molar-refractivity contribution in [1.29, 1.82) is 0 Å². The van der Waals surface area contributed by atoms with Crippen LogP contribution >= 0.6 is 0 Å². The van der Waals surface area contributed by atoms with E-state index in [4.69, 9.17) is 4.74 Å². The smallest absolute Gasteiger partial charge is 0.270 e. The van der Waals surface area contributed by atoms with Crippen molar-refractivity contribution in [3.05, 3.63) is 57.8 Å². The summed E-state index contributed by atoms with van der Waals surface area (Å²) in [4.78, 5) is 39.6. The molecule has 11 heteroatoms. The van der Waals surface area contributed by atoms with Gasteiger partial charge in [-0.25, -0.2) is 9.97 Å². The minimum atomic E-state index is -0.642. The molecule has 2 N–H and O–H groups in total. The lowest BCUT2D eigenvalue weighted by Crippen LogP contribution is -2.48. The highest BCUT2D eigenvalue weighted by atomic mass is 19.1. The van der Waals surface area contributed by atoms with Gasteiger partial charge in [-0.2, -0.15) is 4.39 Å². The molecule has 0 aliphatic carbocycles. The molecule has 0 radical (unpaired) electrons. The number of halogens is 1. The average molecular weight is 455 g/mol. The number of imidazole rings is 1. The zero-order valence-electron chi connectivity index (χ0n) is 18.4. The maximum atomic E-state index is 14.7. The van der Waals surface area contributed by atoms with Gasteiger partial charge in [-0.15, -0.1) is 0 Å². The van der Waals surface area contributed by atoms with Crippen LogP contribution in [0.3, 0.4) is 0 Å². The van der Waals surface area contributed by atoms with E-state index in [0.29, 0.717) is 50.7 Å². The number of pyridine rings is 1. The number of aromatic nitrogens is 4. The summed E-state index contributed by atoms with van der Waals surface area (Å²) in [6, 6.07) is 3.15. The van der Waals surface area contributed by atoms with Crippen LogP contribution in [-0.4, -0.2) is 75.6 Å². The van der Waals surface area contributed by atoms with Crippen LogP contribution in [0.2, 0.25) is 0 Å². The SMILES string of the molecule is CCc1cn2cc(CN3CCN(c4ccc(C(=O)NC5COC5)nc4F)CC3)nc2[nH]c1=O. The maximum absolute atomic E-state index is 14.7. The monoisotopic (exact) mass is 455 g/mol. The highest BCUT2D eigenvalue weighted by molar-refractivity contribution is 5.92. The van der Waals surface area contributed by atoms with E-state index in [1.54, 1.807) is 12.1 Å². The molecular weight excluding hydrogens is 429 g/mol. The first-order valence-corrected chi connectivity index (χ1v) is 11.1. The maximum Gasteiger partial charge on any atom is 0.270 e. The third-order valence-corrected chi connectivity index (χ3v) is 6.11. The molecule has 0 spiro atoms. The van der Waals surface area contributed by atoms with Crippen LogP contribution < -0.4 is 15.8 Å². The number of amides is 1. The number of piperazine rings is 1. The zero-order chi connectivity index (χ0) is 22.9. The molecular formula is C22H26FN7O3. The number of fused-ring (bicyclic) bond motifs is 1. The van der Waals surface area contributed by atoms with Gasteiger partial charge < -0.3 is 15.0 Å². The molecule has 2 saturated heterocycles. The number of carbonyl (C=O) groups excluding carboxylic acids is 1. The Morgan fingerprint density at radius 1 is 1.21 bits per heavy atom. The van der Waals surface area contributed by atoms with Gasteiger partial charge in [0, 0.05) is 50.7 Å². The molecule has 5 rings (SSSR count). The van der Waals surface area contributed by atoms with Gasteiger partial charge in [-0.3, -0.25) is 23.9 Å². The Bertz CT molecular complexity index is 1230. The van der Waals surface area contributed by atoms with Crippen molar-refractivity contribution in [3.8, 4) is 0 Å². The Morgan fingerprint density at radius 3 is 2.67 bits per heavy atom. The number of aryl methyl sites for hydroxylation is 1. The summed E-state index contributed by atoms with van der Waals surface area (Å²) < 4.78 is 21.6. The van der Waals surface area contributed by atoms with Crippen molar-refractivity contribution in [2.24, 2.45) is 0 Å². The molecule has 2 aliphatic heterocycles. The second-order valence-corrected chi connectivity index (χ2v) is 8.40. The van der Waals surface area contributed by atoms with E-state index in [2.05, 4.69) is 25.2 Å². The molecule has 174 valence electrons. The molecule has 0 atom stereocenters. The van der Waals surface area contributed by atoms with Gasteiger partial charge >= 0.3 is 0 Å². The third-order valence-electron chi connectivity index (χ3n) is 6.11. The lowest BCUT2D eigenvalue weighted by molar-refractivity contribution is -0.00356. The van der Waals surface area contributed by atoms with Gasteiger partial charge in [-0.1, -0.05) is 6.92 Å². The predicted octanol–water partition coefficient (Wildman–Crippen LogP) is 0.570.